The van der Waals surface area contributed by atoms with Crippen LogP contribution in [0.1, 0.15) is 104 Å². The van der Waals surface area contributed by atoms with Crippen LogP contribution in [-0.2, 0) is 11.8 Å². The number of hydrogen-bond donors (Lipinski definition) is 1. The molecule has 0 radical (unpaired) electrons. The molecule has 1 aromatic carbocycles. The van der Waals surface area contributed by atoms with Crippen molar-refractivity contribution in [2.45, 2.75) is 77.7 Å². The molecule has 1 saturated carbocycles. The zero-order chi connectivity index (χ0) is 29.9. The number of aryl methyl sites for hydroxylation is 2. The number of rotatable bonds is 8. The minimum Gasteiger partial charge on any atom is -0.377 e. The minimum atomic E-state index is -0.125. The van der Waals surface area contributed by atoms with Gasteiger partial charge in [-0.1, -0.05) is 68.2 Å². The Hall–Kier alpha value is -3.93. The summed E-state index contributed by atoms with van der Waals surface area (Å²) in [5.41, 5.74) is 11.7. The summed E-state index contributed by atoms with van der Waals surface area (Å²) in [5.74, 6) is 0.923. The van der Waals surface area contributed by atoms with Gasteiger partial charge in [0.2, 0.25) is 5.91 Å². The number of pyridine rings is 1. The van der Waals surface area contributed by atoms with Crippen molar-refractivity contribution < 1.29 is 4.79 Å². The van der Waals surface area contributed by atoms with Gasteiger partial charge in [-0.15, -0.1) is 0 Å². The second-order valence-corrected chi connectivity index (χ2v) is 12.7. The van der Waals surface area contributed by atoms with Crippen LogP contribution in [-0.4, -0.2) is 38.4 Å². The highest BCUT2D eigenvalue weighted by atomic mass is 16.2. The molecular weight excluding hydrogens is 530 g/mol. The van der Waals surface area contributed by atoms with Crippen LogP contribution in [0, 0.1) is 12.8 Å². The van der Waals surface area contributed by atoms with Crippen molar-refractivity contribution in [3.8, 4) is 0 Å². The van der Waals surface area contributed by atoms with Crippen molar-refractivity contribution >= 4 is 23.1 Å². The van der Waals surface area contributed by atoms with E-state index in [2.05, 4.69) is 77.6 Å². The van der Waals surface area contributed by atoms with Gasteiger partial charge in [0.05, 0.1) is 30.0 Å². The van der Waals surface area contributed by atoms with Crippen molar-refractivity contribution in [3.63, 3.8) is 0 Å². The first-order chi connectivity index (χ1) is 20.9. The molecule has 3 aliphatic rings. The van der Waals surface area contributed by atoms with Gasteiger partial charge in [0, 0.05) is 49.6 Å². The third kappa shape index (κ3) is 6.11. The lowest BCUT2D eigenvalue weighted by atomic mass is 9.85. The molecular formula is C37H45N5O. The predicted octanol–water partition coefficient (Wildman–Crippen LogP) is 7.63. The maximum atomic E-state index is 13.2. The summed E-state index contributed by atoms with van der Waals surface area (Å²) in [7, 11) is 2.05. The molecule has 6 rings (SSSR count). The standard InChI is InChI=1S/C37H45N5O/c1-5-9-26(3)40-37(33-23-38-24-41(33)4)32-22-29-12-8-17-39-36(29)35(30-14-13-25(2)20-31(30)32)28-15-18-42(19-16-28)34(43)21-27-10-6-7-11-27/h8,12-14,17,20,22-24,27,37,40H,3,5-7,9-11,15-16,18-19,21H2,1-2,4H3. The average Bonchev–Trinajstić information content (AvgIpc) is 3.65. The Bertz CT molecular complexity index is 1560. The van der Waals surface area contributed by atoms with Crippen LogP contribution in [0.3, 0.4) is 0 Å². The SMILES string of the molecule is C=C(CCC)NC(C1=Cc2cccnc2C(=C2CCN(C(=O)CC3CCCC3)CC2)c2ccc(C)cc21)c1cncn1C. The van der Waals surface area contributed by atoms with Gasteiger partial charge in [0.1, 0.15) is 0 Å². The van der Waals surface area contributed by atoms with E-state index in [4.69, 9.17) is 4.98 Å². The highest BCUT2D eigenvalue weighted by molar-refractivity contribution is 5.99. The van der Waals surface area contributed by atoms with E-state index in [1.165, 1.54) is 59.1 Å². The van der Waals surface area contributed by atoms with Crippen LogP contribution in [0.15, 0.2) is 66.9 Å². The molecule has 0 spiro atoms. The zero-order valence-electron chi connectivity index (χ0n) is 26.0. The largest absolute Gasteiger partial charge is 0.377 e. The van der Waals surface area contributed by atoms with E-state index in [1.54, 1.807) is 0 Å². The van der Waals surface area contributed by atoms with Crippen LogP contribution < -0.4 is 5.32 Å². The van der Waals surface area contributed by atoms with E-state index in [0.717, 1.165) is 67.8 Å². The molecule has 43 heavy (non-hydrogen) atoms. The summed E-state index contributed by atoms with van der Waals surface area (Å²) in [4.78, 5) is 24.8. The summed E-state index contributed by atoms with van der Waals surface area (Å²) in [6, 6.07) is 10.9. The number of amides is 1. The predicted molar refractivity (Wildman–Crippen MR) is 175 cm³/mol. The van der Waals surface area contributed by atoms with E-state index in [0.29, 0.717) is 11.8 Å². The number of hydrogen-bond acceptors (Lipinski definition) is 4. The van der Waals surface area contributed by atoms with Crippen molar-refractivity contribution in [1.29, 1.82) is 0 Å². The van der Waals surface area contributed by atoms with Crippen LogP contribution in [0.2, 0.25) is 0 Å². The Labute approximate surface area is 256 Å². The molecule has 1 amide bonds. The van der Waals surface area contributed by atoms with Crippen LogP contribution in [0.5, 0.6) is 0 Å². The van der Waals surface area contributed by atoms with Gasteiger partial charge >= 0.3 is 0 Å². The summed E-state index contributed by atoms with van der Waals surface area (Å²) < 4.78 is 2.10. The highest BCUT2D eigenvalue weighted by Gasteiger charge is 2.31. The van der Waals surface area contributed by atoms with E-state index in [1.807, 2.05) is 24.8 Å². The third-order valence-corrected chi connectivity index (χ3v) is 9.51. The highest BCUT2D eigenvalue weighted by Crippen LogP contribution is 2.44. The van der Waals surface area contributed by atoms with E-state index in [9.17, 15) is 4.79 Å². The first kappa shape index (κ1) is 29.2. The fourth-order valence-electron chi connectivity index (χ4n) is 7.23. The molecule has 2 aliphatic carbocycles. The van der Waals surface area contributed by atoms with Gasteiger partial charge in [-0.05, 0) is 73.8 Å². The second-order valence-electron chi connectivity index (χ2n) is 12.7. The van der Waals surface area contributed by atoms with Gasteiger partial charge in [0.25, 0.3) is 0 Å². The van der Waals surface area contributed by atoms with Gasteiger partial charge in [0.15, 0.2) is 0 Å². The number of allylic oxidation sites excluding steroid dienone is 1. The molecule has 1 unspecified atom stereocenters. The fraction of sp³-hybridized carbons (Fsp3) is 0.432. The van der Waals surface area contributed by atoms with Crippen LogP contribution >= 0.6 is 0 Å². The number of carbonyl (C=O) groups excluding carboxylic acids is 1. The Morgan fingerprint density at radius 1 is 1.14 bits per heavy atom. The third-order valence-electron chi connectivity index (χ3n) is 9.51. The number of benzene rings is 1. The number of imidazole rings is 1. The number of fused-ring (bicyclic) bond motifs is 2. The molecule has 2 aromatic heterocycles. The average molecular weight is 576 g/mol. The van der Waals surface area contributed by atoms with E-state index in [-0.39, 0.29) is 6.04 Å². The number of nitrogens with zero attached hydrogens (tertiary/aromatic N) is 4. The fourth-order valence-corrected chi connectivity index (χ4v) is 7.23. The molecule has 6 nitrogen and oxygen atoms in total. The first-order valence-corrected chi connectivity index (χ1v) is 16.1. The summed E-state index contributed by atoms with van der Waals surface area (Å²) in [5, 5.41) is 3.79. The second kappa shape index (κ2) is 12.7. The van der Waals surface area contributed by atoms with Crippen molar-refractivity contribution in [3.05, 3.63) is 101 Å². The lowest BCUT2D eigenvalue weighted by Crippen LogP contribution is -2.37. The number of aromatic nitrogens is 3. The summed E-state index contributed by atoms with van der Waals surface area (Å²) in [6.07, 6.45) is 17.4. The molecule has 3 heterocycles. The van der Waals surface area contributed by atoms with Gasteiger partial charge < -0.3 is 14.8 Å². The van der Waals surface area contributed by atoms with Crippen molar-refractivity contribution in [2.24, 2.45) is 13.0 Å². The Morgan fingerprint density at radius 3 is 2.65 bits per heavy atom. The van der Waals surface area contributed by atoms with Crippen LogP contribution in [0.25, 0.3) is 17.2 Å². The van der Waals surface area contributed by atoms with Crippen molar-refractivity contribution in [2.75, 3.05) is 13.1 Å². The number of likely N-dealkylation sites (tertiary alicyclic amines) is 1. The van der Waals surface area contributed by atoms with Gasteiger partial charge in [-0.25, -0.2) is 4.98 Å². The summed E-state index contributed by atoms with van der Waals surface area (Å²) in [6.45, 7) is 10.3. The molecule has 6 heteroatoms. The molecule has 1 atom stereocenters. The van der Waals surface area contributed by atoms with Crippen molar-refractivity contribution in [1.82, 2.24) is 24.8 Å². The normalized spacial score (nSPS) is 17.7. The maximum Gasteiger partial charge on any atom is 0.222 e. The minimum absolute atomic E-state index is 0.125. The smallest absolute Gasteiger partial charge is 0.222 e. The number of piperidine rings is 1. The Morgan fingerprint density at radius 2 is 1.93 bits per heavy atom. The van der Waals surface area contributed by atoms with Gasteiger partial charge in [-0.2, -0.15) is 0 Å². The molecule has 3 aromatic rings. The molecule has 224 valence electrons. The van der Waals surface area contributed by atoms with E-state index >= 15 is 0 Å². The van der Waals surface area contributed by atoms with E-state index < -0.39 is 0 Å². The molecule has 2 fully saturated rings. The topological polar surface area (TPSA) is 63.1 Å². The quantitative estimate of drug-likeness (QED) is 0.300. The first-order valence-electron chi connectivity index (χ1n) is 16.1. The zero-order valence-corrected chi connectivity index (χ0v) is 26.0. The number of carbonyl (C=O) groups is 1. The molecule has 0 bridgehead atoms. The molecule has 1 aliphatic heterocycles. The van der Waals surface area contributed by atoms with Crippen LogP contribution in [0.4, 0.5) is 0 Å². The lowest BCUT2D eigenvalue weighted by Gasteiger charge is -2.31. The monoisotopic (exact) mass is 575 g/mol. The Kier molecular flexibility index (Phi) is 8.64. The summed E-state index contributed by atoms with van der Waals surface area (Å²) >= 11 is 0. The maximum absolute atomic E-state index is 13.2. The number of nitrogens with one attached hydrogen (secondary N) is 1. The molecule has 1 N–H and O–H groups in total. The Balaban J connectivity index is 1.42. The molecule has 1 saturated heterocycles. The lowest BCUT2D eigenvalue weighted by molar-refractivity contribution is -0.132. The van der Waals surface area contributed by atoms with Gasteiger partial charge in [-0.3, -0.25) is 9.78 Å².